The van der Waals surface area contributed by atoms with E-state index >= 15 is 0 Å². The zero-order chi connectivity index (χ0) is 14.9. The smallest absolute Gasteiger partial charge is 0.197 e. The molecule has 0 aromatic heterocycles. The third kappa shape index (κ3) is 2.75. The fourth-order valence-electron chi connectivity index (χ4n) is 1.68. The number of methoxy groups -OCH3 is 1. The van der Waals surface area contributed by atoms with Crippen LogP contribution in [0.5, 0.6) is 5.75 Å². The van der Waals surface area contributed by atoms with Gasteiger partial charge >= 0.3 is 0 Å². The van der Waals surface area contributed by atoms with Gasteiger partial charge in [0.25, 0.3) is 0 Å². The molecule has 2 rings (SSSR count). The van der Waals surface area contributed by atoms with E-state index in [1.807, 2.05) is 0 Å². The number of hydrogen-bond donors (Lipinski definition) is 0. The Balaban J connectivity index is 2.51. The van der Waals surface area contributed by atoms with Gasteiger partial charge in [-0.2, -0.15) is 0 Å². The van der Waals surface area contributed by atoms with Crippen LogP contribution in [0.3, 0.4) is 0 Å². The van der Waals surface area contributed by atoms with Crippen LogP contribution in [0.15, 0.2) is 30.3 Å². The number of carbonyl (C=O) groups is 1. The predicted octanol–water partition coefficient (Wildman–Crippen LogP) is 5.03. The molecule has 0 bridgehead atoms. The second kappa shape index (κ2) is 6.00. The summed E-state index contributed by atoms with van der Waals surface area (Å²) in [5.41, 5.74) is -0.0313. The molecule has 0 aliphatic heterocycles. The van der Waals surface area contributed by atoms with Crippen molar-refractivity contribution in [2.45, 2.75) is 0 Å². The van der Waals surface area contributed by atoms with Gasteiger partial charge in [0.2, 0.25) is 0 Å². The molecule has 0 heterocycles. The molecule has 6 heteroatoms. The van der Waals surface area contributed by atoms with Gasteiger partial charge in [0.05, 0.1) is 17.7 Å². The molecule has 0 atom stereocenters. The summed E-state index contributed by atoms with van der Waals surface area (Å²) in [6, 6.07) is 6.72. The highest BCUT2D eigenvalue weighted by molar-refractivity contribution is 6.45. The standard InChI is InChI=1S/C14H8Cl3FO2/c1-20-11-5-4-9(12(16)13(11)17)14(19)8-3-2-7(15)6-10(8)18/h2-6H,1H3. The summed E-state index contributed by atoms with van der Waals surface area (Å²) in [6.45, 7) is 0. The average Bonchev–Trinajstić information content (AvgIpc) is 2.41. The third-order valence-electron chi connectivity index (χ3n) is 2.69. The minimum absolute atomic E-state index is 0.0189. The first kappa shape index (κ1) is 15.1. The summed E-state index contributed by atoms with van der Waals surface area (Å²) in [6.07, 6.45) is 0. The number of ether oxygens (including phenoxy) is 1. The summed E-state index contributed by atoms with van der Waals surface area (Å²) in [5.74, 6) is -0.955. The number of halogens is 4. The monoisotopic (exact) mass is 332 g/mol. The van der Waals surface area contributed by atoms with E-state index in [2.05, 4.69) is 0 Å². The van der Waals surface area contributed by atoms with Crippen LogP contribution in [0.25, 0.3) is 0 Å². The van der Waals surface area contributed by atoms with Crippen molar-refractivity contribution < 1.29 is 13.9 Å². The lowest BCUT2D eigenvalue weighted by Gasteiger charge is -2.09. The van der Waals surface area contributed by atoms with Crippen molar-refractivity contribution in [1.82, 2.24) is 0 Å². The van der Waals surface area contributed by atoms with Crippen LogP contribution in [-0.4, -0.2) is 12.9 Å². The quantitative estimate of drug-likeness (QED) is 0.737. The molecular weight excluding hydrogens is 326 g/mol. The van der Waals surface area contributed by atoms with Crippen molar-refractivity contribution >= 4 is 40.6 Å². The van der Waals surface area contributed by atoms with E-state index in [0.717, 1.165) is 6.07 Å². The molecule has 2 aromatic rings. The average molecular weight is 334 g/mol. The first-order chi connectivity index (χ1) is 9.45. The lowest BCUT2D eigenvalue weighted by atomic mass is 10.0. The first-order valence-electron chi connectivity index (χ1n) is 5.47. The largest absolute Gasteiger partial charge is 0.495 e. The van der Waals surface area contributed by atoms with Crippen LogP contribution in [0.4, 0.5) is 4.39 Å². The van der Waals surface area contributed by atoms with E-state index in [-0.39, 0.29) is 26.2 Å². The Hall–Kier alpha value is -1.29. The number of benzene rings is 2. The molecule has 0 spiro atoms. The number of rotatable bonds is 3. The molecule has 0 aliphatic carbocycles. The zero-order valence-corrected chi connectivity index (χ0v) is 12.5. The van der Waals surface area contributed by atoms with Crippen LogP contribution in [-0.2, 0) is 0 Å². The minimum atomic E-state index is -0.717. The van der Waals surface area contributed by atoms with Gasteiger partial charge in [-0.15, -0.1) is 0 Å². The molecule has 2 nitrogen and oxygen atoms in total. The summed E-state index contributed by atoms with van der Waals surface area (Å²) >= 11 is 17.6. The van der Waals surface area contributed by atoms with E-state index < -0.39 is 11.6 Å². The van der Waals surface area contributed by atoms with E-state index in [9.17, 15) is 9.18 Å². The predicted molar refractivity (Wildman–Crippen MR) is 77.9 cm³/mol. The van der Waals surface area contributed by atoms with Gasteiger partial charge in [-0.3, -0.25) is 4.79 Å². The van der Waals surface area contributed by atoms with Gasteiger partial charge < -0.3 is 4.74 Å². The second-order valence-electron chi connectivity index (χ2n) is 3.90. The molecule has 2 aromatic carbocycles. The lowest BCUT2D eigenvalue weighted by molar-refractivity contribution is 0.103. The van der Waals surface area contributed by atoms with Gasteiger partial charge in [-0.25, -0.2) is 4.39 Å². The molecule has 0 unspecified atom stereocenters. The van der Waals surface area contributed by atoms with Crippen molar-refractivity contribution in [3.8, 4) is 5.75 Å². The molecule has 0 saturated heterocycles. The molecule has 0 N–H and O–H groups in total. The second-order valence-corrected chi connectivity index (χ2v) is 5.09. The normalized spacial score (nSPS) is 10.4. The fraction of sp³-hybridized carbons (Fsp3) is 0.0714. The van der Waals surface area contributed by atoms with Gasteiger partial charge in [0.15, 0.2) is 5.78 Å². The van der Waals surface area contributed by atoms with Crippen LogP contribution in [0, 0.1) is 5.82 Å². The zero-order valence-electron chi connectivity index (χ0n) is 10.2. The molecule has 0 amide bonds. The van der Waals surface area contributed by atoms with Crippen molar-refractivity contribution in [2.24, 2.45) is 0 Å². The maximum absolute atomic E-state index is 13.8. The third-order valence-corrected chi connectivity index (χ3v) is 3.79. The van der Waals surface area contributed by atoms with Gasteiger partial charge in [0, 0.05) is 10.6 Å². The van der Waals surface area contributed by atoms with Crippen LogP contribution in [0.1, 0.15) is 15.9 Å². The Morgan fingerprint density at radius 3 is 2.30 bits per heavy atom. The molecular formula is C14H8Cl3FO2. The highest BCUT2D eigenvalue weighted by Gasteiger charge is 2.20. The highest BCUT2D eigenvalue weighted by Crippen LogP contribution is 2.35. The van der Waals surface area contributed by atoms with Crippen LogP contribution in [0.2, 0.25) is 15.1 Å². The first-order valence-corrected chi connectivity index (χ1v) is 6.61. The minimum Gasteiger partial charge on any atom is -0.495 e. The Morgan fingerprint density at radius 1 is 1.05 bits per heavy atom. The molecule has 104 valence electrons. The lowest BCUT2D eigenvalue weighted by Crippen LogP contribution is -2.05. The highest BCUT2D eigenvalue weighted by atomic mass is 35.5. The van der Waals surface area contributed by atoms with E-state index in [1.165, 1.54) is 31.4 Å². The van der Waals surface area contributed by atoms with E-state index in [0.29, 0.717) is 5.75 Å². The molecule has 0 aliphatic rings. The number of hydrogen-bond acceptors (Lipinski definition) is 2. The summed E-state index contributed by atoms with van der Waals surface area (Å²) in [7, 11) is 1.43. The van der Waals surface area contributed by atoms with Crippen molar-refractivity contribution in [2.75, 3.05) is 7.11 Å². The van der Waals surface area contributed by atoms with Gasteiger partial charge in [0.1, 0.15) is 16.6 Å². The maximum atomic E-state index is 13.8. The van der Waals surface area contributed by atoms with Crippen molar-refractivity contribution in [3.05, 3.63) is 62.3 Å². The number of carbonyl (C=O) groups excluding carboxylic acids is 1. The van der Waals surface area contributed by atoms with E-state index in [4.69, 9.17) is 39.5 Å². The Morgan fingerprint density at radius 2 is 1.70 bits per heavy atom. The van der Waals surface area contributed by atoms with E-state index in [1.54, 1.807) is 0 Å². The summed E-state index contributed by atoms with van der Waals surface area (Å²) in [4.78, 5) is 12.3. The maximum Gasteiger partial charge on any atom is 0.197 e. The molecule has 0 radical (unpaired) electrons. The van der Waals surface area contributed by atoms with Crippen molar-refractivity contribution in [1.29, 1.82) is 0 Å². The Labute approximate surface area is 130 Å². The van der Waals surface area contributed by atoms with Crippen LogP contribution < -0.4 is 4.74 Å². The number of ketones is 1. The van der Waals surface area contributed by atoms with Gasteiger partial charge in [-0.1, -0.05) is 34.8 Å². The topological polar surface area (TPSA) is 26.3 Å². The Kier molecular flexibility index (Phi) is 4.53. The molecule has 20 heavy (non-hydrogen) atoms. The van der Waals surface area contributed by atoms with Crippen LogP contribution >= 0.6 is 34.8 Å². The Bertz CT molecular complexity index is 686. The fourth-order valence-corrected chi connectivity index (χ4v) is 2.33. The summed E-state index contributed by atoms with van der Waals surface area (Å²) in [5, 5.41) is 0.331. The summed E-state index contributed by atoms with van der Waals surface area (Å²) < 4.78 is 18.7. The molecule has 0 fully saturated rings. The SMILES string of the molecule is COc1ccc(C(=O)c2ccc(Cl)cc2F)c(Cl)c1Cl. The van der Waals surface area contributed by atoms with Crippen molar-refractivity contribution in [3.63, 3.8) is 0 Å². The molecule has 0 saturated carbocycles. The van der Waals surface area contributed by atoms with Gasteiger partial charge in [-0.05, 0) is 30.3 Å².